The van der Waals surface area contributed by atoms with Crippen LogP contribution < -0.4 is 5.32 Å². The zero-order chi connectivity index (χ0) is 20.3. The van der Waals surface area contributed by atoms with Crippen LogP contribution >= 0.6 is 0 Å². The Morgan fingerprint density at radius 3 is 2.72 bits per heavy atom. The lowest BCUT2D eigenvalue weighted by atomic mass is 9.44. The largest absolute Gasteiger partial charge is 0.456 e. The lowest BCUT2D eigenvalue weighted by Crippen LogP contribution is -2.57. The average Bonchev–Trinajstić information content (AvgIpc) is 3.25. The van der Waals surface area contributed by atoms with E-state index in [1.165, 1.54) is 57.8 Å². The average molecular weight is 403 g/mol. The summed E-state index contributed by atoms with van der Waals surface area (Å²) in [5.74, 6) is 3.24. The van der Waals surface area contributed by atoms with Crippen molar-refractivity contribution in [1.82, 2.24) is 5.32 Å². The number of fused-ring (bicyclic) bond motifs is 6. The molecular formula is C25H42N2O2. The number of nitrogens with one attached hydrogen (secondary N) is 1. The number of aliphatic hydroxyl groups excluding tert-OH is 1. The Labute approximate surface area is 177 Å². The normalized spacial score (nSPS) is 51.0. The van der Waals surface area contributed by atoms with Crippen LogP contribution in [-0.4, -0.2) is 35.9 Å². The Bertz CT molecular complexity index is 665. The third-order valence-corrected chi connectivity index (χ3v) is 10.5. The highest BCUT2D eigenvalue weighted by molar-refractivity contribution is 5.76. The third-order valence-electron chi connectivity index (χ3n) is 10.5. The van der Waals surface area contributed by atoms with Crippen molar-refractivity contribution in [3.63, 3.8) is 0 Å². The van der Waals surface area contributed by atoms with Crippen molar-refractivity contribution in [3.8, 4) is 0 Å². The molecule has 0 radical (unpaired) electrons. The summed E-state index contributed by atoms with van der Waals surface area (Å²) in [6.07, 6.45) is 13.5. The van der Waals surface area contributed by atoms with E-state index in [-0.39, 0.29) is 17.1 Å². The summed E-state index contributed by atoms with van der Waals surface area (Å²) >= 11 is 0. The number of nitrogens with zero attached hydrogens (tertiary/aromatic N) is 1. The van der Waals surface area contributed by atoms with Gasteiger partial charge in [0.2, 0.25) is 0 Å². The van der Waals surface area contributed by atoms with Crippen LogP contribution in [0.15, 0.2) is 4.99 Å². The molecule has 4 nitrogen and oxygen atoms in total. The van der Waals surface area contributed by atoms with Gasteiger partial charge in [0, 0.05) is 12.0 Å². The van der Waals surface area contributed by atoms with Crippen molar-refractivity contribution in [2.75, 3.05) is 13.1 Å². The van der Waals surface area contributed by atoms with Gasteiger partial charge in [-0.15, -0.1) is 0 Å². The molecule has 4 heteroatoms. The highest BCUT2D eigenvalue weighted by Gasteiger charge is 2.67. The van der Waals surface area contributed by atoms with Gasteiger partial charge in [-0.3, -0.25) is 0 Å². The van der Waals surface area contributed by atoms with Crippen LogP contribution in [0.1, 0.15) is 91.4 Å². The summed E-state index contributed by atoms with van der Waals surface area (Å²) in [5.41, 5.74) is 0.667. The molecule has 0 unspecified atom stereocenters. The molecule has 0 aromatic rings. The molecule has 5 rings (SSSR count). The second-order valence-electron chi connectivity index (χ2n) is 11.6. The molecule has 164 valence electrons. The highest BCUT2D eigenvalue weighted by atomic mass is 16.5. The first kappa shape index (κ1) is 20.2. The van der Waals surface area contributed by atoms with Crippen LogP contribution in [0.5, 0.6) is 0 Å². The molecule has 4 aliphatic carbocycles. The second-order valence-corrected chi connectivity index (χ2v) is 11.6. The van der Waals surface area contributed by atoms with E-state index < -0.39 is 0 Å². The molecule has 1 aliphatic heterocycles. The Morgan fingerprint density at radius 2 is 1.90 bits per heavy atom. The maximum Gasteiger partial charge on any atom is 0.285 e. The minimum absolute atomic E-state index is 0.0455. The van der Waals surface area contributed by atoms with Gasteiger partial charge in [-0.1, -0.05) is 27.2 Å². The van der Waals surface area contributed by atoms with Gasteiger partial charge >= 0.3 is 0 Å². The first-order valence-corrected chi connectivity index (χ1v) is 12.6. The first-order valence-electron chi connectivity index (χ1n) is 12.6. The summed E-state index contributed by atoms with van der Waals surface area (Å²) in [6, 6.07) is 0.819. The first-order chi connectivity index (χ1) is 13.9. The smallest absolute Gasteiger partial charge is 0.285 e. The Balaban J connectivity index is 1.33. The molecule has 0 bridgehead atoms. The number of hydrogen-bond acceptors (Lipinski definition) is 4. The Kier molecular flexibility index (Phi) is 4.96. The molecule has 8 atom stereocenters. The Hall–Kier alpha value is -0.770. The van der Waals surface area contributed by atoms with E-state index in [9.17, 15) is 5.11 Å². The lowest BCUT2D eigenvalue weighted by molar-refractivity contribution is -0.148. The number of aliphatic hydroxyl groups is 1. The number of amidine groups is 1. The summed E-state index contributed by atoms with van der Waals surface area (Å²) in [6.45, 7) is 9.19. The van der Waals surface area contributed by atoms with Gasteiger partial charge in [-0.25, -0.2) is 4.99 Å². The number of ether oxygens (including phenoxy) is 1. The molecule has 0 saturated heterocycles. The van der Waals surface area contributed by atoms with Gasteiger partial charge in [0.25, 0.3) is 6.02 Å². The standard InChI is InChI=1S/C25H42N2O2/c1-4-5-14-26-22-27-16-25(29-22)13-10-21-19-7-6-17-15-18(28)8-11-23(17,2)20(19)9-12-24(21,25)3/h17-21,28H,4-16H2,1-3H3,(H,26,27)/t17-,18-,19+,20-,21-,23-,24-,25+/m0/s1. The summed E-state index contributed by atoms with van der Waals surface area (Å²) in [4.78, 5) is 4.83. The second kappa shape index (κ2) is 7.14. The molecule has 5 aliphatic rings. The molecule has 4 saturated carbocycles. The van der Waals surface area contributed by atoms with Crippen molar-refractivity contribution in [1.29, 1.82) is 0 Å². The minimum atomic E-state index is -0.0578. The monoisotopic (exact) mass is 402 g/mol. The molecule has 29 heavy (non-hydrogen) atoms. The van der Waals surface area contributed by atoms with Crippen LogP contribution in [0.3, 0.4) is 0 Å². The van der Waals surface area contributed by atoms with Crippen molar-refractivity contribution in [2.24, 2.45) is 39.5 Å². The van der Waals surface area contributed by atoms with Gasteiger partial charge in [0.15, 0.2) is 0 Å². The van der Waals surface area contributed by atoms with Gasteiger partial charge in [0.1, 0.15) is 5.60 Å². The fourth-order valence-electron chi connectivity index (χ4n) is 8.67. The van der Waals surface area contributed by atoms with Crippen LogP contribution in [0.25, 0.3) is 0 Å². The number of unbranched alkanes of at least 4 members (excludes halogenated alkanes) is 1. The number of hydrogen-bond donors (Lipinski definition) is 2. The van der Waals surface area contributed by atoms with Gasteiger partial charge in [-0.05, 0) is 93.3 Å². The molecule has 1 spiro atoms. The zero-order valence-electron chi connectivity index (χ0n) is 18.9. The molecular weight excluding hydrogens is 360 g/mol. The Morgan fingerprint density at radius 1 is 1.07 bits per heavy atom. The van der Waals surface area contributed by atoms with Crippen LogP contribution in [-0.2, 0) is 4.74 Å². The molecule has 1 heterocycles. The van der Waals surface area contributed by atoms with E-state index >= 15 is 0 Å². The van der Waals surface area contributed by atoms with Gasteiger partial charge in [-0.2, -0.15) is 0 Å². The quantitative estimate of drug-likeness (QED) is 0.660. The van der Waals surface area contributed by atoms with Gasteiger partial charge in [0.05, 0.1) is 12.6 Å². The minimum Gasteiger partial charge on any atom is -0.456 e. The number of aliphatic imine (C=N–C) groups is 1. The molecule has 0 aromatic carbocycles. The molecule has 0 aromatic heterocycles. The van der Waals surface area contributed by atoms with E-state index in [1.54, 1.807) is 0 Å². The SMILES string of the molecule is CCCCNC1=NC[C@@]2(CC[C@H]3[C@@H]4CC[C@H]5C[C@@H](O)CC[C@]5(C)[C@H]4CC[C@@]32C)O1. The third kappa shape index (κ3) is 2.91. The van der Waals surface area contributed by atoms with E-state index in [1.807, 2.05) is 0 Å². The predicted octanol–water partition coefficient (Wildman–Crippen LogP) is 4.90. The lowest BCUT2D eigenvalue weighted by Gasteiger charge is -2.61. The van der Waals surface area contributed by atoms with Crippen LogP contribution in [0.2, 0.25) is 0 Å². The molecule has 4 fully saturated rings. The van der Waals surface area contributed by atoms with Crippen molar-refractivity contribution in [3.05, 3.63) is 0 Å². The fraction of sp³-hybridized carbons (Fsp3) is 0.960. The van der Waals surface area contributed by atoms with Crippen molar-refractivity contribution in [2.45, 2.75) is 103 Å². The summed E-state index contributed by atoms with van der Waals surface area (Å²) in [7, 11) is 0. The molecule has 0 amide bonds. The fourth-order valence-corrected chi connectivity index (χ4v) is 8.67. The van der Waals surface area contributed by atoms with Gasteiger partial charge < -0.3 is 15.2 Å². The summed E-state index contributed by atoms with van der Waals surface area (Å²) < 4.78 is 6.66. The van der Waals surface area contributed by atoms with Crippen LogP contribution in [0.4, 0.5) is 0 Å². The summed E-state index contributed by atoms with van der Waals surface area (Å²) in [5, 5.41) is 13.7. The maximum atomic E-state index is 10.3. The predicted molar refractivity (Wildman–Crippen MR) is 117 cm³/mol. The zero-order valence-corrected chi connectivity index (χ0v) is 18.9. The van der Waals surface area contributed by atoms with E-state index in [0.29, 0.717) is 5.41 Å². The maximum absolute atomic E-state index is 10.3. The van der Waals surface area contributed by atoms with Crippen molar-refractivity contribution >= 4 is 6.02 Å². The van der Waals surface area contributed by atoms with Crippen LogP contribution in [0, 0.1) is 34.5 Å². The highest BCUT2D eigenvalue weighted by Crippen LogP contribution is 2.69. The van der Waals surface area contributed by atoms with Crippen molar-refractivity contribution < 1.29 is 9.84 Å². The number of rotatable bonds is 3. The molecule has 2 N–H and O–H groups in total. The van der Waals surface area contributed by atoms with E-state index in [2.05, 4.69) is 26.1 Å². The van der Waals surface area contributed by atoms with E-state index in [4.69, 9.17) is 9.73 Å². The topological polar surface area (TPSA) is 53.9 Å². The van der Waals surface area contributed by atoms with E-state index in [0.717, 1.165) is 55.6 Å².